The Morgan fingerprint density at radius 1 is 1.11 bits per heavy atom. The molecule has 0 aliphatic rings. The van der Waals surface area contributed by atoms with Crippen LogP contribution in [-0.4, -0.2) is 21.4 Å². The normalized spacial score (nSPS) is 10.8. The standard InChI is InChI=1S/C15H20N4/c1-2-9-19(12-15-17-7-4-8-18-15)11-13-5-3-6-14(16)10-13/h3-8,10H,2,9,11-12,16H2,1H3. The minimum absolute atomic E-state index is 0.767. The Kier molecular flexibility index (Phi) is 4.86. The molecular weight excluding hydrogens is 236 g/mol. The Balaban J connectivity index is 2.04. The van der Waals surface area contributed by atoms with Crippen molar-refractivity contribution < 1.29 is 0 Å². The number of benzene rings is 1. The summed E-state index contributed by atoms with van der Waals surface area (Å²) >= 11 is 0. The maximum atomic E-state index is 5.82. The monoisotopic (exact) mass is 256 g/mol. The van der Waals surface area contributed by atoms with Crippen molar-refractivity contribution in [2.24, 2.45) is 0 Å². The third-order valence-corrected chi connectivity index (χ3v) is 2.88. The van der Waals surface area contributed by atoms with E-state index in [4.69, 9.17) is 5.73 Å². The van der Waals surface area contributed by atoms with Crippen LogP contribution in [0.5, 0.6) is 0 Å². The van der Waals surface area contributed by atoms with Crippen LogP contribution in [0.3, 0.4) is 0 Å². The van der Waals surface area contributed by atoms with E-state index < -0.39 is 0 Å². The lowest BCUT2D eigenvalue weighted by Gasteiger charge is -2.21. The fourth-order valence-electron chi connectivity index (χ4n) is 2.09. The SMILES string of the molecule is CCCN(Cc1cccc(N)c1)Cc1ncccn1. The molecule has 0 saturated carbocycles. The number of nitrogen functional groups attached to an aromatic ring is 1. The van der Waals surface area contributed by atoms with Crippen LogP contribution in [0, 0.1) is 0 Å². The third-order valence-electron chi connectivity index (χ3n) is 2.88. The quantitative estimate of drug-likeness (QED) is 0.807. The minimum atomic E-state index is 0.767. The molecule has 0 aliphatic carbocycles. The van der Waals surface area contributed by atoms with Gasteiger partial charge in [0.05, 0.1) is 6.54 Å². The van der Waals surface area contributed by atoms with Crippen molar-refractivity contribution >= 4 is 5.69 Å². The van der Waals surface area contributed by atoms with E-state index in [1.807, 2.05) is 24.3 Å². The molecule has 2 N–H and O–H groups in total. The molecule has 1 heterocycles. The Morgan fingerprint density at radius 2 is 1.89 bits per heavy atom. The highest BCUT2D eigenvalue weighted by molar-refractivity contribution is 5.40. The first-order valence-electron chi connectivity index (χ1n) is 6.60. The van der Waals surface area contributed by atoms with E-state index >= 15 is 0 Å². The lowest BCUT2D eigenvalue weighted by atomic mass is 10.2. The number of nitrogens with two attached hydrogens (primary N) is 1. The van der Waals surface area contributed by atoms with Crippen LogP contribution in [0.1, 0.15) is 24.7 Å². The van der Waals surface area contributed by atoms with Crippen LogP contribution in [0.2, 0.25) is 0 Å². The Morgan fingerprint density at radius 3 is 2.58 bits per heavy atom. The van der Waals surface area contributed by atoms with Gasteiger partial charge in [-0.1, -0.05) is 19.1 Å². The van der Waals surface area contributed by atoms with Gasteiger partial charge in [-0.25, -0.2) is 9.97 Å². The summed E-state index contributed by atoms with van der Waals surface area (Å²) in [7, 11) is 0. The Hall–Kier alpha value is -1.94. The van der Waals surface area contributed by atoms with Gasteiger partial charge >= 0.3 is 0 Å². The van der Waals surface area contributed by atoms with Gasteiger partial charge in [0.15, 0.2) is 0 Å². The van der Waals surface area contributed by atoms with E-state index in [2.05, 4.69) is 27.9 Å². The van der Waals surface area contributed by atoms with E-state index in [0.29, 0.717) is 0 Å². The maximum Gasteiger partial charge on any atom is 0.142 e. The molecule has 0 unspecified atom stereocenters. The molecule has 1 aromatic carbocycles. The average Bonchev–Trinajstić information content (AvgIpc) is 2.40. The Bertz CT molecular complexity index is 499. The molecular formula is C15H20N4. The van der Waals surface area contributed by atoms with Crippen LogP contribution in [0.15, 0.2) is 42.7 Å². The lowest BCUT2D eigenvalue weighted by Crippen LogP contribution is -2.24. The first-order chi connectivity index (χ1) is 9.28. The molecule has 0 amide bonds. The number of hydrogen-bond acceptors (Lipinski definition) is 4. The molecule has 0 saturated heterocycles. The first kappa shape index (κ1) is 13.5. The van der Waals surface area contributed by atoms with Crippen molar-refractivity contribution in [2.45, 2.75) is 26.4 Å². The van der Waals surface area contributed by atoms with Crippen molar-refractivity contribution in [3.05, 3.63) is 54.1 Å². The van der Waals surface area contributed by atoms with Crippen molar-refractivity contribution in [3.63, 3.8) is 0 Å². The number of hydrogen-bond donors (Lipinski definition) is 1. The van der Waals surface area contributed by atoms with Gasteiger partial charge in [-0.2, -0.15) is 0 Å². The number of aromatic nitrogens is 2. The number of rotatable bonds is 6. The second-order valence-electron chi connectivity index (χ2n) is 4.62. The second kappa shape index (κ2) is 6.85. The minimum Gasteiger partial charge on any atom is -0.399 e. The molecule has 0 spiro atoms. The van der Waals surface area contributed by atoms with Gasteiger partial charge in [-0.3, -0.25) is 4.90 Å². The van der Waals surface area contributed by atoms with Crippen molar-refractivity contribution in [1.82, 2.24) is 14.9 Å². The summed E-state index contributed by atoms with van der Waals surface area (Å²) in [6, 6.07) is 9.87. The summed E-state index contributed by atoms with van der Waals surface area (Å²) in [6.45, 7) is 4.84. The van der Waals surface area contributed by atoms with Crippen LogP contribution in [0.25, 0.3) is 0 Å². The molecule has 0 fully saturated rings. The summed E-state index contributed by atoms with van der Waals surface area (Å²) in [5, 5.41) is 0. The van der Waals surface area contributed by atoms with Crippen molar-refractivity contribution in [1.29, 1.82) is 0 Å². The van der Waals surface area contributed by atoms with Gasteiger partial charge < -0.3 is 5.73 Å². The predicted molar refractivity (Wildman–Crippen MR) is 77.3 cm³/mol. The topological polar surface area (TPSA) is 55.0 Å². The molecule has 4 nitrogen and oxygen atoms in total. The second-order valence-corrected chi connectivity index (χ2v) is 4.62. The van der Waals surface area contributed by atoms with Crippen molar-refractivity contribution in [3.8, 4) is 0 Å². The van der Waals surface area contributed by atoms with E-state index in [1.165, 1.54) is 5.56 Å². The van der Waals surface area contributed by atoms with E-state index in [1.54, 1.807) is 12.4 Å². The lowest BCUT2D eigenvalue weighted by molar-refractivity contribution is 0.251. The molecule has 0 atom stereocenters. The molecule has 1 aromatic heterocycles. The zero-order valence-electron chi connectivity index (χ0n) is 11.3. The van der Waals surface area contributed by atoms with Crippen LogP contribution in [-0.2, 0) is 13.1 Å². The number of anilines is 1. The summed E-state index contributed by atoms with van der Waals surface area (Å²) < 4.78 is 0. The molecule has 2 rings (SSSR count). The largest absolute Gasteiger partial charge is 0.399 e. The fraction of sp³-hybridized carbons (Fsp3) is 0.333. The Labute approximate surface area is 114 Å². The van der Waals surface area contributed by atoms with Crippen LogP contribution < -0.4 is 5.73 Å². The van der Waals surface area contributed by atoms with Crippen LogP contribution >= 0.6 is 0 Å². The van der Waals surface area contributed by atoms with Crippen molar-refractivity contribution in [2.75, 3.05) is 12.3 Å². The molecule has 19 heavy (non-hydrogen) atoms. The van der Waals surface area contributed by atoms with E-state index in [0.717, 1.165) is 37.6 Å². The molecule has 4 heteroatoms. The van der Waals surface area contributed by atoms with Gasteiger partial charge in [-0.05, 0) is 36.7 Å². The van der Waals surface area contributed by atoms with E-state index in [9.17, 15) is 0 Å². The summed E-state index contributed by atoms with van der Waals surface area (Å²) in [6.07, 6.45) is 4.68. The highest BCUT2D eigenvalue weighted by Crippen LogP contribution is 2.11. The highest BCUT2D eigenvalue weighted by Gasteiger charge is 2.07. The zero-order valence-corrected chi connectivity index (χ0v) is 11.3. The van der Waals surface area contributed by atoms with Gasteiger partial charge in [0.1, 0.15) is 5.82 Å². The maximum absolute atomic E-state index is 5.82. The summed E-state index contributed by atoms with van der Waals surface area (Å²) in [5.74, 6) is 0.861. The highest BCUT2D eigenvalue weighted by atomic mass is 15.1. The molecule has 100 valence electrons. The fourth-order valence-corrected chi connectivity index (χ4v) is 2.09. The van der Waals surface area contributed by atoms with Gasteiger partial charge in [-0.15, -0.1) is 0 Å². The van der Waals surface area contributed by atoms with Gasteiger partial charge in [0.25, 0.3) is 0 Å². The van der Waals surface area contributed by atoms with E-state index in [-0.39, 0.29) is 0 Å². The third kappa shape index (κ3) is 4.34. The predicted octanol–water partition coefficient (Wildman–Crippen LogP) is 2.47. The molecule has 0 radical (unpaired) electrons. The van der Waals surface area contributed by atoms with Gasteiger partial charge in [0, 0.05) is 24.6 Å². The molecule has 2 aromatic rings. The number of nitrogens with zero attached hydrogens (tertiary/aromatic N) is 3. The smallest absolute Gasteiger partial charge is 0.142 e. The summed E-state index contributed by atoms with van der Waals surface area (Å²) in [5.41, 5.74) is 7.85. The first-order valence-corrected chi connectivity index (χ1v) is 6.60. The molecule has 0 aliphatic heterocycles. The van der Waals surface area contributed by atoms with Crippen LogP contribution in [0.4, 0.5) is 5.69 Å². The zero-order chi connectivity index (χ0) is 13.5. The van der Waals surface area contributed by atoms with Gasteiger partial charge in [0.2, 0.25) is 0 Å². The average molecular weight is 256 g/mol. The molecule has 0 bridgehead atoms. The summed E-state index contributed by atoms with van der Waals surface area (Å²) in [4.78, 5) is 10.9.